The van der Waals surface area contributed by atoms with E-state index in [2.05, 4.69) is 48.5 Å². The van der Waals surface area contributed by atoms with E-state index in [1.54, 1.807) is 0 Å². The van der Waals surface area contributed by atoms with Gasteiger partial charge in [-0.1, -0.05) is 72.6 Å². The van der Waals surface area contributed by atoms with E-state index >= 15 is 0 Å². The molecule has 3 atom stereocenters. The van der Waals surface area contributed by atoms with Crippen molar-refractivity contribution in [1.29, 1.82) is 0 Å². The van der Waals surface area contributed by atoms with Gasteiger partial charge in [-0.3, -0.25) is 4.79 Å². The van der Waals surface area contributed by atoms with Crippen LogP contribution in [0.5, 0.6) is 11.5 Å². The lowest BCUT2D eigenvalue weighted by molar-refractivity contribution is -0.134. The van der Waals surface area contributed by atoms with Gasteiger partial charge in [0.1, 0.15) is 17.1 Å². The molecule has 1 aliphatic heterocycles. The van der Waals surface area contributed by atoms with Gasteiger partial charge < -0.3 is 15.2 Å². The molecule has 0 aliphatic carbocycles. The molecule has 0 unspecified atom stereocenters. The molecule has 2 rings (SSSR count). The first-order chi connectivity index (χ1) is 17.0. The fourth-order valence-corrected chi connectivity index (χ4v) is 5.70. The predicted octanol–water partition coefficient (Wildman–Crippen LogP) is 8.39. The van der Waals surface area contributed by atoms with Crippen LogP contribution in [0.2, 0.25) is 0 Å². The Balaban J connectivity index is 1.85. The summed E-state index contributed by atoms with van der Waals surface area (Å²) in [5.41, 5.74) is 9.72. The molecular weight excluding hydrogens is 446 g/mol. The van der Waals surface area contributed by atoms with E-state index in [1.807, 2.05) is 6.92 Å². The Kier molecular flexibility index (Phi) is 12.3. The Morgan fingerprint density at radius 1 is 0.917 bits per heavy atom. The number of benzene rings is 1. The van der Waals surface area contributed by atoms with E-state index in [1.165, 1.54) is 56.9 Å². The summed E-state index contributed by atoms with van der Waals surface area (Å²) in [6.45, 7) is 18.3. The third-order valence-electron chi connectivity index (χ3n) is 8.40. The number of esters is 1. The van der Waals surface area contributed by atoms with Gasteiger partial charge in [0.2, 0.25) is 0 Å². The molecule has 0 saturated heterocycles. The third kappa shape index (κ3) is 9.08. The minimum absolute atomic E-state index is 0.126. The SMILES string of the molecule is Cc1c(C)c2c(c(C)c1OC(=O)CCN)CC[C@@](C)(CCC[C@H](C)CCC[C@H](C)CCCC(C)C)O2. The Hall–Kier alpha value is -1.55. The van der Waals surface area contributed by atoms with Crippen LogP contribution in [-0.4, -0.2) is 18.1 Å². The largest absolute Gasteiger partial charge is 0.487 e. The molecule has 2 N–H and O–H groups in total. The van der Waals surface area contributed by atoms with Gasteiger partial charge >= 0.3 is 5.97 Å². The summed E-state index contributed by atoms with van der Waals surface area (Å²) in [4.78, 5) is 12.1. The molecule has 0 saturated carbocycles. The van der Waals surface area contributed by atoms with Crippen LogP contribution in [0.3, 0.4) is 0 Å². The van der Waals surface area contributed by atoms with Gasteiger partial charge in [0.25, 0.3) is 0 Å². The van der Waals surface area contributed by atoms with Gasteiger partial charge in [-0.2, -0.15) is 0 Å². The molecule has 1 heterocycles. The molecule has 4 nitrogen and oxygen atoms in total. The second kappa shape index (κ2) is 14.4. The summed E-state index contributed by atoms with van der Waals surface area (Å²) in [7, 11) is 0. The normalized spacial score (nSPS) is 19.1. The molecule has 0 amide bonds. The van der Waals surface area contributed by atoms with E-state index in [0.29, 0.717) is 12.3 Å². The van der Waals surface area contributed by atoms with Gasteiger partial charge in [0.05, 0.1) is 6.42 Å². The first-order valence-electron chi connectivity index (χ1n) is 14.7. The summed E-state index contributed by atoms with van der Waals surface area (Å²) < 4.78 is 12.4. The fraction of sp³-hybridized carbons (Fsp3) is 0.781. The number of hydrogen-bond donors (Lipinski definition) is 1. The highest BCUT2D eigenvalue weighted by atomic mass is 16.5. The van der Waals surface area contributed by atoms with Crippen molar-refractivity contribution in [2.45, 2.75) is 138 Å². The highest BCUT2D eigenvalue weighted by Crippen LogP contribution is 2.45. The van der Waals surface area contributed by atoms with Crippen molar-refractivity contribution in [1.82, 2.24) is 0 Å². The van der Waals surface area contributed by atoms with E-state index in [0.717, 1.165) is 59.5 Å². The Labute approximate surface area is 222 Å². The minimum Gasteiger partial charge on any atom is -0.487 e. The third-order valence-corrected chi connectivity index (χ3v) is 8.40. The highest BCUT2D eigenvalue weighted by molar-refractivity contribution is 5.74. The van der Waals surface area contributed by atoms with Gasteiger partial charge in [-0.05, 0) is 87.8 Å². The second-order valence-electron chi connectivity index (χ2n) is 12.4. The number of carbonyl (C=O) groups is 1. The van der Waals surface area contributed by atoms with Crippen LogP contribution in [0.4, 0.5) is 0 Å². The van der Waals surface area contributed by atoms with E-state index in [9.17, 15) is 4.79 Å². The zero-order chi connectivity index (χ0) is 26.9. The number of fused-ring (bicyclic) bond motifs is 1. The van der Waals surface area contributed by atoms with Gasteiger partial charge in [0, 0.05) is 12.1 Å². The van der Waals surface area contributed by atoms with Crippen LogP contribution >= 0.6 is 0 Å². The average Bonchev–Trinajstić information content (AvgIpc) is 2.80. The van der Waals surface area contributed by atoms with Crippen molar-refractivity contribution >= 4 is 5.97 Å². The summed E-state index contributed by atoms with van der Waals surface area (Å²) in [6.07, 6.45) is 14.0. The molecule has 0 bridgehead atoms. The van der Waals surface area contributed by atoms with Crippen molar-refractivity contribution in [3.05, 3.63) is 22.3 Å². The summed E-state index contributed by atoms with van der Waals surface area (Å²) in [6, 6.07) is 0. The topological polar surface area (TPSA) is 61.5 Å². The predicted molar refractivity (Wildman–Crippen MR) is 152 cm³/mol. The lowest BCUT2D eigenvalue weighted by Gasteiger charge is -2.38. The molecule has 0 spiro atoms. The Bertz CT molecular complexity index is 847. The van der Waals surface area contributed by atoms with Crippen LogP contribution in [0.25, 0.3) is 0 Å². The van der Waals surface area contributed by atoms with E-state index < -0.39 is 0 Å². The number of nitrogens with two attached hydrogens (primary N) is 1. The first-order valence-corrected chi connectivity index (χ1v) is 14.7. The van der Waals surface area contributed by atoms with Crippen molar-refractivity contribution in [2.75, 3.05) is 6.54 Å². The second-order valence-corrected chi connectivity index (χ2v) is 12.4. The number of carbonyl (C=O) groups excluding carboxylic acids is 1. The Morgan fingerprint density at radius 3 is 2.08 bits per heavy atom. The zero-order valence-corrected chi connectivity index (χ0v) is 24.7. The number of hydrogen-bond acceptors (Lipinski definition) is 4. The molecular formula is C32H55NO3. The highest BCUT2D eigenvalue weighted by Gasteiger charge is 2.34. The smallest absolute Gasteiger partial charge is 0.312 e. The Morgan fingerprint density at radius 2 is 1.50 bits per heavy atom. The maximum absolute atomic E-state index is 12.1. The van der Waals surface area contributed by atoms with Crippen molar-refractivity contribution in [2.24, 2.45) is 23.5 Å². The summed E-state index contributed by atoms with van der Waals surface area (Å²) >= 11 is 0. The van der Waals surface area contributed by atoms with E-state index in [4.69, 9.17) is 15.2 Å². The molecule has 1 aromatic rings. The monoisotopic (exact) mass is 501 g/mol. The minimum atomic E-state index is -0.265. The standard InChI is InChI=1S/C32H55NO3/c1-22(2)12-9-13-23(3)14-10-15-24(4)16-11-19-32(8)20-17-28-27(7)30(35-29(34)18-21-33)25(5)26(6)31(28)36-32/h22-24H,9-21,33H2,1-8H3/t23-,24-,32-/m1/s1. The number of rotatable bonds is 15. The van der Waals surface area contributed by atoms with Crippen LogP contribution < -0.4 is 15.2 Å². The van der Waals surface area contributed by atoms with Crippen molar-refractivity contribution in [3.8, 4) is 11.5 Å². The summed E-state index contributed by atoms with van der Waals surface area (Å²) in [5.74, 6) is 3.92. The molecule has 4 heteroatoms. The molecule has 0 radical (unpaired) electrons. The fourth-order valence-electron chi connectivity index (χ4n) is 5.70. The number of ether oxygens (including phenoxy) is 2. The first kappa shape index (κ1) is 30.7. The molecule has 1 aliphatic rings. The van der Waals surface area contributed by atoms with Gasteiger partial charge in [0.15, 0.2) is 0 Å². The maximum Gasteiger partial charge on any atom is 0.312 e. The van der Waals surface area contributed by atoms with Crippen LogP contribution in [-0.2, 0) is 11.2 Å². The zero-order valence-electron chi connectivity index (χ0n) is 24.7. The molecule has 36 heavy (non-hydrogen) atoms. The van der Waals surface area contributed by atoms with Gasteiger partial charge in [-0.15, -0.1) is 0 Å². The van der Waals surface area contributed by atoms with Crippen LogP contribution in [0.15, 0.2) is 0 Å². The molecule has 1 aromatic carbocycles. The quantitative estimate of drug-likeness (QED) is 0.194. The van der Waals surface area contributed by atoms with Crippen molar-refractivity contribution in [3.63, 3.8) is 0 Å². The average molecular weight is 502 g/mol. The molecule has 206 valence electrons. The maximum atomic E-state index is 12.1. The van der Waals surface area contributed by atoms with Crippen molar-refractivity contribution < 1.29 is 14.3 Å². The summed E-state index contributed by atoms with van der Waals surface area (Å²) in [5, 5.41) is 0. The van der Waals surface area contributed by atoms with Gasteiger partial charge in [-0.25, -0.2) is 0 Å². The lowest BCUT2D eigenvalue weighted by Crippen LogP contribution is -2.37. The molecule has 0 fully saturated rings. The molecule has 0 aromatic heterocycles. The van der Waals surface area contributed by atoms with E-state index in [-0.39, 0.29) is 18.0 Å². The van der Waals surface area contributed by atoms with Crippen LogP contribution in [0, 0.1) is 38.5 Å². The lowest BCUT2D eigenvalue weighted by atomic mass is 9.83. The van der Waals surface area contributed by atoms with Crippen LogP contribution in [0.1, 0.15) is 128 Å².